The number of anilines is 1. The lowest BCUT2D eigenvalue weighted by atomic mass is 10.2. The van der Waals surface area contributed by atoms with Gasteiger partial charge in [0.2, 0.25) is 0 Å². The molecule has 0 aromatic carbocycles. The Morgan fingerprint density at radius 1 is 1.40 bits per heavy atom. The molecule has 2 N–H and O–H groups in total. The number of hydrogen-bond acceptors (Lipinski definition) is 5. The maximum absolute atomic E-state index is 4.21. The van der Waals surface area contributed by atoms with E-state index in [0.717, 1.165) is 22.1 Å². The van der Waals surface area contributed by atoms with Crippen molar-refractivity contribution >= 4 is 17.6 Å². The fourth-order valence-electron chi connectivity index (χ4n) is 1.27. The highest BCUT2D eigenvalue weighted by Crippen LogP contribution is 2.25. The number of thioether (sulfide) groups is 1. The fourth-order valence-corrected chi connectivity index (χ4v) is 1.66. The lowest BCUT2D eigenvalue weighted by molar-refractivity contribution is 1.05. The van der Waals surface area contributed by atoms with E-state index in [9.17, 15) is 0 Å². The van der Waals surface area contributed by atoms with Crippen LogP contribution in [0.5, 0.6) is 0 Å². The average molecular weight is 221 g/mol. The third-order valence-electron chi connectivity index (χ3n) is 2.00. The molecule has 0 saturated carbocycles. The molecule has 0 amide bonds. The van der Waals surface area contributed by atoms with Crippen molar-refractivity contribution in [2.75, 3.05) is 18.6 Å². The summed E-state index contributed by atoms with van der Waals surface area (Å²) in [7, 11) is 1.83. The Balaban J connectivity index is 2.44. The van der Waals surface area contributed by atoms with Crippen molar-refractivity contribution in [1.29, 1.82) is 0 Å². The van der Waals surface area contributed by atoms with Gasteiger partial charge in [-0.15, -0.1) is 11.8 Å². The van der Waals surface area contributed by atoms with Crippen LogP contribution >= 0.6 is 11.8 Å². The van der Waals surface area contributed by atoms with Crippen LogP contribution in [0, 0.1) is 0 Å². The number of hydrogen-bond donors (Lipinski definition) is 2. The second-order valence-corrected chi connectivity index (χ2v) is 3.67. The molecule has 0 aliphatic rings. The van der Waals surface area contributed by atoms with Crippen LogP contribution in [0.15, 0.2) is 23.6 Å². The standard InChI is InChI=1S/C9H11N5S/c1-10-9-6(4-13-14-9)7-3-8(15-2)12-5-11-7/h3-5H,1-2H3,(H2,10,13,14). The van der Waals surface area contributed by atoms with Crippen molar-refractivity contribution in [3.05, 3.63) is 18.6 Å². The number of nitrogens with one attached hydrogen (secondary N) is 2. The number of nitrogens with zero attached hydrogens (tertiary/aromatic N) is 3. The van der Waals surface area contributed by atoms with E-state index in [4.69, 9.17) is 0 Å². The Kier molecular flexibility index (Phi) is 2.86. The molecule has 0 aliphatic carbocycles. The summed E-state index contributed by atoms with van der Waals surface area (Å²) in [5.74, 6) is 0.792. The maximum Gasteiger partial charge on any atom is 0.157 e. The molecule has 0 saturated heterocycles. The number of aromatic amines is 1. The van der Waals surface area contributed by atoms with Gasteiger partial charge >= 0.3 is 0 Å². The molecule has 0 aliphatic heterocycles. The quantitative estimate of drug-likeness (QED) is 0.609. The summed E-state index contributed by atoms with van der Waals surface area (Å²) < 4.78 is 0. The van der Waals surface area contributed by atoms with Crippen LogP contribution in [-0.2, 0) is 0 Å². The van der Waals surface area contributed by atoms with Crippen LogP contribution in [0.3, 0.4) is 0 Å². The first kappa shape index (κ1) is 9.97. The minimum atomic E-state index is 0.792. The molecule has 6 heteroatoms. The van der Waals surface area contributed by atoms with Crippen molar-refractivity contribution in [3.8, 4) is 11.3 Å². The van der Waals surface area contributed by atoms with Crippen molar-refractivity contribution in [2.45, 2.75) is 5.03 Å². The Morgan fingerprint density at radius 2 is 2.27 bits per heavy atom. The van der Waals surface area contributed by atoms with E-state index in [0.29, 0.717) is 0 Å². The predicted octanol–water partition coefficient (Wildman–Crippen LogP) is 1.63. The molecule has 2 aromatic heterocycles. The number of H-pyrrole nitrogens is 1. The van der Waals surface area contributed by atoms with Crippen LogP contribution in [0.1, 0.15) is 0 Å². The van der Waals surface area contributed by atoms with E-state index >= 15 is 0 Å². The summed E-state index contributed by atoms with van der Waals surface area (Å²) in [6.45, 7) is 0. The zero-order chi connectivity index (χ0) is 10.7. The fraction of sp³-hybridized carbons (Fsp3) is 0.222. The number of rotatable bonds is 3. The molecule has 0 bridgehead atoms. The van der Waals surface area contributed by atoms with Crippen LogP contribution in [0.25, 0.3) is 11.3 Å². The topological polar surface area (TPSA) is 66.5 Å². The normalized spacial score (nSPS) is 10.3. The van der Waals surface area contributed by atoms with Gasteiger partial charge in [-0.1, -0.05) is 0 Å². The average Bonchev–Trinajstić information content (AvgIpc) is 2.77. The Labute approximate surface area is 91.7 Å². The highest BCUT2D eigenvalue weighted by Gasteiger charge is 2.08. The predicted molar refractivity (Wildman–Crippen MR) is 60.9 cm³/mol. The van der Waals surface area contributed by atoms with Crippen LogP contribution in [-0.4, -0.2) is 33.5 Å². The zero-order valence-corrected chi connectivity index (χ0v) is 9.30. The molecule has 0 unspecified atom stereocenters. The van der Waals surface area contributed by atoms with Gasteiger partial charge in [-0.2, -0.15) is 5.10 Å². The molecule has 78 valence electrons. The zero-order valence-electron chi connectivity index (χ0n) is 8.48. The second kappa shape index (κ2) is 4.31. The van der Waals surface area contributed by atoms with E-state index in [1.165, 1.54) is 0 Å². The SMILES string of the molecule is CNc1n[nH]cc1-c1cc(SC)ncn1. The summed E-state index contributed by atoms with van der Waals surface area (Å²) in [6.07, 6.45) is 5.37. The second-order valence-electron chi connectivity index (χ2n) is 2.84. The molecule has 2 heterocycles. The molecule has 0 fully saturated rings. The Morgan fingerprint density at radius 3 is 3.00 bits per heavy atom. The first-order valence-corrected chi connectivity index (χ1v) is 5.65. The van der Waals surface area contributed by atoms with E-state index in [1.807, 2.05) is 25.6 Å². The third kappa shape index (κ3) is 1.94. The smallest absolute Gasteiger partial charge is 0.157 e. The van der Waals surface area contributed by atoms with Crippen molar-refractivity contribution in [1.82, 2.24) is 20.2 Å². The van der Waals surface area contributed by atoms with Gasteiger partial charge in [0.1, 0.15) is 6.33 Å². The van der Waals surface area contributed by atoms with E-state index < -0.39 is 0 Å². The molecule has 2 aromatic rings. The van der Waals surface area contributed by atoms with Gasteiger partial charge in [0.15, 0.2) is 5.82 Å². The van der Waals surface area contributed by atoms with Crippen LogP contribution in [0.4, 0.5) is 5.82 Å². The Bertz CT molecular complexity index is 453. The van der Waals surface area contributed by atoms with Gasteiger partial charge in [0, 0.05) is 13.2 Å². The van der Waals surface area contributed by atoms with Gasteiger partial charge in [-0.3, -0.25) is 5.10 Å². The lowest BCUT2D eigenvalue weighted by Crippen LogP contribution is -1.92. The Hall–Kier alpha value is -1.56. The third-order valence-corrected chi connectivity index (χ3v) is 2.65. The molecule has 2 rings (SSSR count). The van der Waals surface area contributed by atoms with Crippen molar-refractivity contribution in [3.63, 3.8) is 0 Å². The molecule has 0 radical (unpaired) electrons. The summed E-state index contributed by atoms with van der Waals surface area (Å²) in [5.41, 5.74) is 1.82. The summed E-state index contributed by atoms with van der Waals surface area (Å²) in [6, 6.07) is 1.94. The lowest BCUT2D eigenvalue weighted by Gasteiger charge is -2.01. The van der Waals surface area contributed by atoms with Crippen LogP contribution in [0.2, 0.25) is 0 Å². The molecule has 5 nitrogen and oxygen atoms in total. The molecule has 15 heavy (non-hydrogen) atoms. The minimum Gasteiger partial charge on any atom is -0.371 e. The van der Waals surface area contributed by atoms with Gasteiger partial charge in [-0.05, 0) is 12.3 Å². The monoisotopic (exact) mass is 221 g/mol. The van der Waals surface area contributed by atoms with E-state index in [-0.39, 0.29) is 0 Å². The van der Waals surface area contributed by atoms with Crippen LogP contribution < -0.4 is 5.32 Å². The highest BCUT2D eigenvalue weighted by molar-refractivity contribution is 7.98. The van der Waals surface area contributed by atoms with Gasteiger partial charge in [0.05, 0.1) is 16.3 Å². The maximum atomic E-state index is 4.21. The van der Waals surface area contributed by atoms with Gasteiger partial charge in [-0.25, -0.2) is 9.97 Å². The summed E-state index contributed by atoms with van der Waals surface area (Å²) in [5, 5.41) is 10.8. The molecule has 0 spiro atoms. The van der Waals surface area contributed by atoms with Gasteiger partial charge < -0.3 is 5.32 Å². The minimum absolute atomic E-state index is 0.792. The van der Waals surface area contributed by atoms with Crippen molar-refractivity contribution in [2.24, 2.45) is 0 Å². The highest BCUT2D eigenvalue weighted by atomic mass is 32.2. The first-order valence-electron chi connectivity index (χ1n) is 4.43. The first-order chi connectivity index (χ1) is 7.35. The number of aromatic nitrogens is 4. The van der Waals surface area contributed by atoms with E-state index in [1.54, 1.807) is 18.1 Å². The van der Waals surface area contributed by atoms with Crippen molar-refractivity contribution < 1.29 is 0 Å². The van der Waals surface area contributed by atoms with E-state index in [2.05, 4.69) is 25.5 Å². The molecule has 0 atom stereocenters. The molecular weight excluding hydrogens is 210 g/mol. The molecular formula is C9H11N5S. The summed E-state index contributed by atoms with van der Waals surface area (Å²) >= 11 is 1.59. The van der Waals surface area contributed by atoms with Gasteiger partial charge in [0.25, 0.3) is 0 Å². The largest absolute Gasteiger partial charge is 0.371 e. The summed E-state index contributed by atoms with van der Waals surface area (Å²) in [4.78, 5) is 8.34.